The fraction of sp³-hybridized carbons (Fsp3) is 0.500. The molecule has 1 aromatic carbocycles. The van der Waals surface area contributed by atoms with Crippen molar-refractivity contribution < 1.29 is 8.94 Å². The number of aromatic nitrogens is 3. The third-order valence-corrected chi connectivity index (χ3v) is 4.77. The Labute approximate surface area is 146 Å². The van der Waals surface area contributed by atoms with Crippen LogP contribution in [0.25, 0.3) is 11.1 Å². The Morgan fingerprint density at radius 3 is 2.92 bits per heavy atom. The van der Waals surface area contributed by atoms with Crippen LogP contribution in [0, 0.1) is 0 Å². The van der Waals surface area contributed by atoms with Crippen LogP contribution < -0.4 is 0 Å². The SMILES string of the molecule is CCc1nc(CN(C)[C@H]2CCN(Cc3nc4ccccc4o3)C2)no1. The van der Waals surface area contributed by atoms with E-state index in [1.807, 2.05) is 31.2 Å². The van der Waals surface area contributed by atoms with Gasteiger partial charge in [-0.05, 0) is 25.6 Å². The number of hydrogen-bond donors (Lipinski definition) is 0. The molecule has 0 saturated carbocycles. The van der Waals surface area contributed by atoms with E-state index in [2.05, 4.69) is 32.0 Å². The van der Waals surface area contributed by atoms with Gasteiger partial charge in [0.2, 0.25) is 11.8 Å². The van der Waals surface area contributed by atoms with E-state index in [4.69, 9.17) is 8.94 Å². The van der Waals surface area contributed by atoms with E-state index in [1.165, 1.54) is 0 Å². The molecule has 3 heterocycles. The van der Waals surface area contributed by atoms with Crippen LogP contribution in [0.2, 0.25) is 0 Å². The lowest BCUT2D eigenvalue weighted by atomic mass is 10.2. The molecule has 25 heavy (non-hydrogen) atoms. The molecule has 7 heteroatoms. The first kappa shape index (κ1) is 16.2. The third kappa shape index (κ3) is 3.57. The molecule has 1 aliphatic rings. The van der Waals surface area contributed by atoms with Crippen LogP contribution in [-0.2, 0) is 19.5 Å². The van der Waals surface area contributed by atoms with Crippen LogP contribution in [0.1, 0.15) is 31.0 Å². The molecular weight excluding hydrogens is 318 g/mol. The summed E-state index contributed by atoms with van der Waals surface area (Å²) in [7, 11) is 2.12. The minimum Gasteiger partial charge on any atom is -0.439 e. The number of hydrogen-bond acceptors (Lipinski definition) is 7. The van der Waals surface area contributed by atoms with E-state index in [-0.39, 0.29) is 0 Å². The molecule has 7 nitrogen and oxygen atoms in total. The second-order valence-corrected chi connectivity index (χ2v) is 6.63. The average Bonchev–Trinajstić information content (AvgIpc) is 3.33. The lowest BCUT2D eigenvalue weighted by Gasteiger charge is -2.22. The third-order valence-electron chi connectivity index (χ3n) is 4.77. The van der Waals surface area contributed by atoms with Crippen molar-refractivity contribution >= 4 is 11.1 Å². The Bertz CT molecular complexity index is 810. The van der Waals surface area contributed by atoms with E-state index in [0.29, 0.717) is 18.5 Å². The van der Waals surface area contributed by atoms with Gasteiger partial charge < -0.3 is 8.94 Å². The summed E-state index contributed by atoms with van der Waals surface area (Å²) < 4.78 is 11.0. The van der Waals surface area contributed by atoms with Crippen LogP contribution in [0.5, 0.6) is 0 Å². The maximum absolute atomic E-state index is 5.84. The highest BCUT2D eigenvalue weighted by atomic mass is 16.5. The molecular formula is C18H23N5O2. The first-order valence-electron chi connectivity index (χ1n) is 8.79. The van der Waals surface area contributed by atoms with Crippen molar-refractivity contribution in [2.24, 2.45) is 0 Å². The molecule has 2 aromatic heterocycles. The summed E-state index contributed by atoms with van der Waals surface area (Å²) in [6.45, 7) is 5.52. The number of oxazole rings is 1. The summed E-state index contributed by atoms with van der Waals surface area (Å²) in [5.74, 6) is 2.25. The molecule has 132 valence electrons. The van der Waals surface area contributed by atoms with Gasteiger partial charge in [0.1, 0.15) is 5.52 Å². The topological polar surface area (TPSA) is 71.4 Å². The zero-order valence-corrected chi connectivity index (χ0v) is 14.7. The lowest BCUT2D eigenvalue weighted by molar-refractivity contribution is 0.210. The predicted octanol–water partition coefficient (Wildman–Crippen LogP) is 2.48. The first-order valence-corrected chi connectivity index (χ1v) is 8.79. The van der Waals surface area contributed by atoms with E-state index in [0.717, 1.165) is 55.3 Å². The second-order valence-electron chi connectivity index (χ2n) is 6.63. The maximum atomic E-state index is 5.84. The monoisotopic (exact) mass is 341 g/mol. The maximum Gasteiger partial charge on any atom is 0.226 e. The zero-order valence-electron chi connectivity index (χ0n) is 14.7. The molecule has 0 spiro atoms. The van der Waals surface area contributed by atoms with Crippen molar-refractivity contribution in [2.45, 2.75) is 38.9 Å². The van der Waals surface area contributed by atoms with Gasteiger partial charge in [-0.2, -0.15) is 4.98 Å². The number of rotatable bonds is 6. The van der Waals surface area contributed by atoms with Gasteiger partial charge in [0.25, 0.3) is 0 Å². The quantitative estimate of drug-likeness (QED) is 0.682. The van der Waals surface area contributed by atoms with Crippen molar-refractivity contribution in [1.29, 1.82) is 0 Å². The van der Waals surface area contributed by atoms with Gasteiger partial charge in [0, 0.05) is 25.6 Å². The van der Waals surface area contributed by atoms with Crippen LogP contribution >= 0.6 is 0 Å². The molecule has 0 radical (unpaired) electrons. The number of fused-ring (bicyclic) bond motifs is 1. The Morgan fingerprint density at radius 2 is 2.12 bits per heavy atom. The fourth-order valence-corrected chi connectivity index (χ4v) is 3.34. The van der Waals surface area contributed by atoms with Gasteiger partial charge in [-0.1, -0.05) is 24.2 Å². The molecule has 0 unspecified atom stereocenters. The van der Waals surface area contributed by atoms with Gasteiger partial charge in [-0.3, -0.25) is 9.80 Å². The number of para-hydroxylation sites is 2. The van der Waals surface area contributed by atoms with Crippen LogP contribution in [0.3, 0.4) is 0 Å². The van der Waals surface area contributed by atoms with E-state index in [9.17, 15) is 0 Å². The Hall–Kier alpha value is -2.25. The van der Waals surface area contributed by atoms with Crippen molar-refractivity contribution in [3.63, 3.8) is 0 Å². The second kappa shape index (κ2) is 6.93. The van der Waals surface area contributed by atoms with Gasteiger partial charge in [0.05, 0.1) is 13.1 Å². The predicted molar refractivity (Wildman–Crippen MR) is 92.8 cm³/mol. The number of aryl methyl sites for hydroxylation is 1. The van der Waals surface area contributed by atoms with E-state index in [1.54, 1.807) is 0 Å². The molecule has 0 bridgehead atoms. The number of likely N-dealkylation sites (tertiary alicyclic amines) is 1. The smallest absolute Gasteiger partial charge is 0.226 e. The molecule has 0 N–H and O–H groups in total. The molecule has 1 aliphatic heterocycles. The van der Waals surface area contributed by atoms with E-state index < -0.39 is 0 Å². The highest BCUT2D eigenvalue weighted by Crippen LogP contribution is 2.20. The number of benzene rings is 1. The molecule has 1 saturated heterocycles. The summed E-state index contributed by atoms with van der Waals surface area (Å²) in [6, 6.07) is 8.38. The largest absolute Gasteiger partial charge is 0.439 e. The lowest BCUT2D eigenvalue weighted by Crippen LogP contribution is -2.34. The van der Waals surface area contributed by atoms with Crippen molar-refractivity contribution in [3.8, 4) is 0 Å². The molecule has 1 fully saturated rings. The summed E-state index contributed by atoms with van der Waals surface area (Å²) in [4.78, 5) is 13.7. The molecule has 1 atom stereocenters. The van der Waals surface area contributed by atoms with Gasteiger partial charge in [0.15, 0.2) is 11.4 Å². The van der Waals surface area contributed by atoms with Gasteiger partial charge >= 0.3 is 0 Å². The highest BCUT2D eigenvalue weighted by molar-refractivity contribution is 5.72. The van der Waals surface area contributed by atoms with Gasteiger partial charge in [-0.25, -0.2) is 4.98 Å². The number of nitrogens with zero attached hydrogens (tertiary/aromatic N) is 5. The summed E-state index contributed by atoms with van der Waals surface area (Å²) >= 11 is 0. The van der Waals surface area contributed by atoms with E-state index >= 15 is 0 Å². The van der Waals surface area contributed by atoms with Crippen molar-refractivity contribution in [2.75, 3.05) is 20.1 Å². The Kier molecular flexibility index (Phi) is 4.50. The van der Waals surface area contributed by atoms with Crippen LogP contribution in [0.15, 0.2) is 33.2 Å². The van der Waals surface area contributed by atoms with Gasteiger partial charge in [-0.15, -0.1) is 0 Å². The van der Waals surface area contributed by atoms with Crippen LogP contribution in [0.4, 0.5) is 0 Å². The minimum atomic E-state index is 0.480. The molecule has 4 rings (SSSR count). The molecule has 0 amide bonds. The van der Waals surface area contributed by atoms with Crippen molar-refractivity contribution in [1.82, 2.24) is 24.9 Å². The molecule has 3 aromatic rings. The average molecular weight is 341 g/mol. The summed E-state index contributed by atoms with van der Waals surface area (Å²) in [5, 5.41) is 4.04. The Balaban J connectivity index is 1.34. The minimum absolute atomic E-state index is 0.480. The first-order chi connectivity index (χ1) is 12.2. The molecule has 0 aliphatic carbocycles. The highest BCUT2D eigenvalue weighted by Gasteiger charge is 2.27. The number of likely N-dealkylation sites (N-methyl/N-ethyl adjacent to an activating group) is 1. The van der Waals surface area contributed by atoms with Crippen molar-refractivity contribution in [3.05, 3.63) is 41.9 Å². The van der Waals surface area contributed by atoms with Crippen LogP contribution in [-0.4, -0.2) is 51.1 Å². The standard InChI is InChI=1S/C18H23N5O2/c1-3-17-20-16(21-25-17)11-22(2)13-8-9-23(10-13)12-18-19-14-6-4-5-7-15(14)24-18/h4-7,13H,3,8-12H2,1-2H3/t13-/m0/s1. The summed E-state index contributed by atoms with van der Waals surface area (Å²) in [5.41, 5.74) is 1.78. The zero-order chi connectivity index (χ0) is 17.2. The Morgan fingerprint density at radius 1 is 1.24 bits per heavy atom. The fourth-order valence-electron chi connectivity index (χ4n) is 3.34. The summed E-state index contributed by atoms with van der Waals surface area (Å²) in [6.07, 6.45) is 1.90. The normalized spacial score (nSPS) is 18.6.